The molecule has 1 aromatic heterocycles. The zero-order valence-corrected chi connectivity index (χ0v) is 16.6. The predicted octanol–water partition coefficient (Wildman–Crippen LogP) is 2.62. The van der Waals surface area contributed by atoms with Gasteiger partial charge in [-0.05, 0) is 37.1 Å². The minimum atomic E-state index is -0.874. The van der Waals surface area contributed by atoms with Crippen LogP contribution in [0.5, 0.6) is 0 Å². The number of carbonyl (C=O) groups excluding carboxylic acids is 3. The summed E-state index contributed by atoms with van der Waals surface area (Å²) < 4.78 is 26.4. The minimum Gasteiger partial charge on any atom is -0.343 e. The standard InChI is InChI=1S/C20H19ClF2N4O3/c21-14-1-2-17(24-10-14)26-20(30)12-3-5-27(6-4-12)18(28)11-25-19(29)13-7-15(22)9-16(23)8-13/h1-2,7-10,12H,3-6,11H2,(H,25,29)(H,24,26,30). The summed E-state index contributed by atoms with van der Waals surface area (Å²) in [5, 5.41) is 5.55. The monoisotopic (exact) mass is 436 g/mol. The lowest BCUT2D eigenvalue weighted by Gasteiger charge is -2.31. The van der Waals surface area contributed by atoms with Crippen LogP contribution in [0.4, 0.5) is 14.6 Å². The van der Waals surface area contributed by atoms with E-state index in [4.69, 9.17) is 11.6 Å². The number of aromatic nitrogens is 1. The lowest BCUT2D eigenvalue weighted by atomic mass is 9.96. The van der Waals surface area contributed by atoms with Crippen molar-refractivity contribution in [1.82, 2.24) is 15.2 Å². The summed E-state index contributed by atoms with van der Waals surface area (Å²) in [6.07, 6.45) is 2.37. The van der Waals surface area contributed by atoms with E-state index in [1.54, 1.807) is 12.1 Å². The maximum Gasteiger partial charge on any atom is 0.251 e. The van der Waals surface area contributed by atoms with E-state index in [1.165, 1.54) is 11.1 Å². The molecule has 0 bridgehead atoms. The first kappa shape index (κ1) is 21.6. The number of halogens is 3. The van der Waals surface area contributed by atoms with Crippen LogP contribution in [0.3, 0.4) is 0 Å². The summed E-state index contributed by atoms with van der Waals surface area (Å²) in [6, 6.07) is 5.67. The fraction of sp³-hybridized carbons (Fsp3) is 0.300. The van der Waals surface area contributed by atoms with Gasteiger partial charge < -0.3 is 15.5 Å². The zero-order valence-electron chi connectivity index (χ0n) is 15.8. The maximum absolute atomic E-state index is 13.2. The summed E-state index contributed by atoms with van der Waals surface area (Å²) in [5.41, 5.74) is -0.202. The summed E-state index contributed by atoms with van der Waals surface area (Å²) in [6.45, 7) is 0.410. The number of pyridine rings is 1. The van der Waals surface area contributed by atoms with Crippen molar-refractivity contribution >= 4 is 35.1 Å². The lowest BCUT2D eigenvalue weighted by molar-refractivity contribution is -0.133. The van der Waals surface area contributed by atoms with E-state index in [-0.39, 0.29) is 29.8 Å². The van der Waals surface area contributed by atoms with Crippen molar-refractivity contribution in [2.75, 3.05) is 25.0 Å². The van der Waals surface area contributed by atoms with Crippen molar-refractivity contribution in [1.29, 1.82) is 0 Å². The van der Waals surface area contributed by atoms with Gasteiger partial charge in [0.2, 0.25) is 11.8 Å². The molecule has 2 aromatic rings. The Kier molecular flexibility index (Phi) is 6.94. The third kappa shape index (κ3) is 5.73. The number of likely N-dealkylation sites (tertiary alicyclic amines) is 1. The SMILES string of the molecule is O=C(NCC(=O)N1CCC(C(=O)Nc2ccc(Cl)cn2)CC1)c1cc(F)cc(F)c1. The van der Waals surface area contributed by atoms with Gasteiger partial charge in [0.05, 0.1) is 11.6 Å². The Balaban J connectivity index is 1.45. The van der Waals surface area contributed by atoms with Crippen LogP contribution in [0.1, 0.15) is 23.2 Å². The molecule has 30 heavy (non-hydrogen) atoms. The van der Waals surface area contributed by atoms with Crippen molar-refractivity contribution in [3.63, 3.8) is 0 Å². The van der Waals surface area contributed by atoms with Crippen LogP contribution in [-0.4, -0.2) is 47.2 Å². The third-order valence-corrected chi connectivity index (χ3v) is 4.95. The van der Waals surface area contributed by atoms with E-state index in [9.17, 15) is 23.2 Å². The zero-order chi connectivity index (χ0) is 21.7. The first-order chi connectivity index (χ1) is 14.3. The number of hydrogen-bond donors (Lipinski definition) is 2. The summed E-state index contributed by atoms with van der Waals surface area (Å²) in [4.78, 5) is 42.2. The summed E-state index contributed by atoms with van der Waals surface area (Å²) >= 11 is 5.76. The average Bonchev–Trinajstić information content (AvgIpc) is 2.72. The number of amides is 3. The molecular weight excluding hydrogens is 418 g/mol. The molecule has 1 aromatic carbocycles. The van der Waals surface area contributed by atoms with Crippen LogP contribution in [0.2, 0.25) is 5.02 Å². The number of nitrogens with one attached hydrogen (secondary N) is 2. The highest BCUT2D eigenvalue weighted by atomic mass is 35.5. The molecule has 3 amide bonds. The third-order valence-electron chi connectivity index (χ3n) is 4.72. The molecule has 1 aliphatic rings. The fourth-order valence-electron chi connectivity index (χ4n) is 3.12. The molecule has 0 radical (unpaired) electrons. The topological polar surface area (TPSA) is 91.4 Å². The van der Waals surface area contributed by atoms with Gasteiger partial charge in [-0.2, -0.15) is 0 Å². The van der Waals surface area contributed by atoms with E-state index in [0.29, 0.717) is 42.8 Å². The molecule has 2 heterocycles. The smallest absolute Gasteiger partial charge is 0.251 e. The van der Waals surface area contributed by atoms with Crippen molar-refractivity contribution in [2.45, 2.75) is 12.8 Å². The van der Waals surface area contributed by atoms with Crippen LogP contribution in [0.25, 0.3) is 0 Å². The second-order valence-corrected chi connectivity index (χ2v) is 7.28. The van der Waals surface area contributed by atoms with Gasteiger partial charge in [-0.1, -0.05) is 11.6 Å². The molecule has 0 spiro atoms. The largest absolute Gasteiger partial charge is 0.343 e. The highest BCUT2D eigenvalue weighted by Crippen LogP contribution is 2.19. The number of rotatable bonds is 5. The number of hydrogen-bond acceptors (Lipinski definition) is 4. The number of piperidine rings is 1. The van der Waals surface area contributed by atoms with E-state index in [2.05, 4.69) is 15.6 Å². The van der Waals surface area contributed by atoms with Crippen LogP contribution >= 0.6 is 11.6 Å². The first-order valence-electron chi connectivity index (χ1n) is 9.26. The number of anilines is 1. The van der Waals surface area contributed by atoms with Crippen molar-refractivity contribution in [2.24, 2.45) is 5.92 Å². The molecule has 0 unspecified atom stereocenters. The normalized spacial score (nSPS) is 14.3. The number of nitrogens with zero attached hydrogens (tertiary/aromatic N) is 2. The Morgan fingerprint density at radius 1 is 1.10 bits per heavy atom. The Bertz CT molecular complexity index is 927. The van der Waals surface area contributed by atoms with E-state index in [1.807, 2.05) is 0 Å². The Labute approximate surface area is 176 Å². The van der Waals surface area contributed by atoms with E-state index < -0.39 is 17.5 Å². The van der Waals surface area contributed by atoms with E-state index >= 15 is 0 Å². The maximum atomic E-state index is 13.2. The van der Waals surface area contributed by atoms with Crippen LogP contribution in [0, 0.1) is 17.6 Å². The van der Waals surface area contributed by atoms with Gasteiger partial charge >= 0.3 is 0 Å². The van der Waals surface area contributed by atoms with Crippen molar-refractivity contribution in [3.8, 4) is 0 Å². The highest BCUT2D eigenvalue weighted by molar-refractivity contribution is 6.30. The Morgan fingerprint density at radius 2 is 1.77 bits per heavy atom. The van der Waals surface area contributed by atoms with Crippen LogP contribution in [0.15, 0.2) is 36.5 Å². The Hall–Kier alpha value is -3.07. The van der Waals surface area contributed by atoms with Gasteiger partial charge in [-0.25, -0.2) is 13.8 Å². The number of carbonyl (C=O) groups is 3. The predicted molar refractivity (Wildman–Crippen MR) is 106 cm³/mol. The second kappa shape index (κ2) is 9.62. The van der Waals surface area contributed by atoms with Crippen molar-refractivity contribution < 1.29 is 23.2 Å². The molecule has 1 aliphatic heterocycles. The molecule has 0 saturated carbocycles. The van der Waals surface area contributed by atoms with E-state index in [0.717, 1.165) is 12.1 Å². The molecule has 3 rings (SSSR count). The fourth-order valence-corrected chi connectivity index (χ4v) is 3.24. The number of benzene rings is 1. The van der Waals surface area contributed by atoms with Crippen molar-refractivity contribution in [3.05, 3.63) is 58.7 Å². The quantitative estimate of drug-likeness (QED) is 0.753. The molecule has 1 saturated heterocycles. The van der Waals surface area contributed by atoms with Crippen LogP contribution < -0.4 is 10.6 Å². The molecule has 7 nitrogen and oxygen atoms in total. The Morgan fingerprint density at radius 3 is 2.37 bits per heavy atom. The summed E-state index contributed by atoms with van der Waals surface area (Å²) in [7, 11) is 0. The molecule has 1 fully saturated rings. The van der Waals surface area contributed by atoms with Gasteiger partial charge in [0.1, 0.15) is 17.5 Å². The van der Waals surface area contributed by atoms with Crippen LogP contribution in [-0.2, 0) is 9.59 Å². The molecular formula is C20H19ClF2N4O3. The molecule has 2 N–H and O–H groups in total. The van der Waals surface area contributed by atoms with Gasteiger partial charge in [0.25, 0.3) is 5.91 Å². The second-order valence-electron chi connectivity index (χ2n) is 6.85. The minimum absolute atomic E-state index is 0.182. The molecule has 0 aliphatic carbocycles. The summed E-state index contributed by atoms with van der Waals surface area (Å²) in [5.74, 6) is -2.87. The van der Waals surface area contributed by atoms with Gasteiger partial charge in [-0.15, -0.1) is 0 Å². The molecule has 158 valence electrons. The lowest BCUT2D eigenvalue weighted by Crippen LogP contribution is -2.45. The van der Waals surface area contributed by atoms with Gasteiger partial charge in [-0.3, -0.25) is 14.4 Å². The van der Waals surface area contributed by atoms with Gasteiger partial charge in [0.15, 0.2) is 0 Å². The highest BCUT2D eigenvalue weighted by Gasteiger charge is 2.27. The average molecular weight is 437 g/mol. The first-order valence-corrected chi connectivity index (χ1v) is 9.64. The molecule has 10 heteroatoms. The molecule has 0 atom stereocenters. The van der Waals surface area contributed by atoms with Gasteiger partial charge in [0, 0.05) is 36.8 Å².